The summed E-state index contributed by atoms with van der Waals surface area (Å²) in [5.41, 5.74) is 3.16. The van der Waals surface area contributed by atoms with Gasteiger partial charge in [0.1, 0.15) is 0 Å². The van der Waals surface area contributed by atoms with Crippen LogP contribution in [0.2, 0.25) is 0 Å². The maximum Gasteiger partial charge on any atom is 0.163 e. The molecule has 2 aromatic carbocycles. The van der Waals surface area contributed by atoms with E-state index < -0.39 is 0 Å². The number of rotatable bonds is 3. The van der Waals surface area contributed by atoms with Crippen molar-refractivity contribution in [3.63, 3.8) is 0 Å². The van der Waals surface area contributed by atoms with E-state index in [4.69, 9.17) is 0 Å². The largest absolute Gasteiger partial charge is 0.294 e. The molecule has 0 atom stereocenters. The van der Waals surface area contributed by atoms with Gasteiger partial charge >= 0.3 is 0 Å². The summed E-state index contributed by atoms with van der Waals surface area (Å²) >= 11 is 0. The monoisotopic (exact) mass is 252 g/mol. The van der Waals surface area contributed by atoms with Gasteiger partial charge in [0.15, 0.2) is 5.78 Å². The van der Waals surface area contributed by atoms with E-state index in [1.54, 1.807) is 0 Å². The molecule has 2 aromatic rings. The SMILES string of the molecule is CC(C)(C)CC(=O)c1ccc(-c2ccccc2)cc1. The number of carbonyl (C=O) groups excluding carboxylic acids is 1. The third kappa shape index (κ3) is 3.78. The summed E-state index contributed by atoms with van der Waals surface area (Å²) in [5, 5.41) is 0. The van der Waals surface area contributed by atoms with Crippen molar-refractivity contribution in [3.8, 4) is 11.1 Å². The third-order valence-corrected chi connectivity index (χ3v) is 3.00. The van der Waals surface area contributed by atoms with Gasteiger partial charge in [0.05, 0.1) is 0 Å². The van der Waals surface area contributed by atoms with E-state index in [1.165, 1.54) is 5.56 Å². The first-order valence-corrected chi connectivity index (χ1v) is 6.64. The van der Waals surface area contributed by atoms with Crippen LogP contribution in [0.1, 0.15) is 37.6 Å². The third-order valence-electron chi connectivity index (χ3n) is 3.00. The Hall–Kier alpha value is -1.89. The van der Waals surface area contributed by atoms with E-state index in [-0.39, 0.29) is 11.2 Å². The second-order valence-corrected chi connectivity index (χ2v) is 6.10. The lowest BCUT2D eigenvalue weighted by Gasteiger charge is -2.16. The molecule has 98 valence electrons. The molecule has 0 radical (unpaired) electrons. The van der Waals surface area contributed by atoms with Crippen LogP contribution < -0.4 is 0 Å². The van der Waals surface area contributed by atoms with Crippen molar-refractivity contribution in [2.24, 2.45) is 5.41 Å². The van der Waals surface area contributed by atoms with E-state index in [1.807, 2.05) is 42.5 Å². The van der Waals surface area contributed by atoms with Crippen molar-refractivity contribution >= 4 is 5.78 Å². The molecule has 0 amide bonds. The molecule has 1 heteroatoms. The van der Waals surface area contributed by atoms with Gasteiger partial charge in [-0.3, -0.25) is 4.79 Å². The highest BCUT2D eigenvalue weighted by Crippen LogP contribution is 2.23. The van der Waals surface area contributed by atoms with Crippen molar-refractivity contribution in [1.82, 2.24) is 0 Å². The van der Waals surface area contributed by atoms with Crippen LogP contribution in [0.15, 0.2) is 54.6 Å². The lowest BCUT2D eigenvalue weighted by Crippen LogP contribution is -2.12. The van der Waals surface area contributed by atoms with Gasteiger partial charge in [0.25, 0.3) is 0 Å². The number of Topliss-reactive ketones (excluding diaryl/α,β-unsaturated/α-hetero) is 1. The molecule has 0 aliphatic heterocycles. The van der Waals surface area contributed by atoms with Crippen LogP contribution in [0.25, 0.3) is 11.1 Å². The fourth-order valence-electron chi connectivity index (χ4n) is 2.06. The molecule has 19 heavy (non-hydrogen) atoms. The molecule has 0 heterocycles. The van der Waals surface area contributed by atoms with Gasteiger partial charge in [0, 0.05) is 12.0 Å². The van der Waals surface area contributed by atoms with E-state index in [0.29, 0.717) is 6.42 Å². The van der Waals surface area contributed by atoms with Crippen LogP contribution in [-0.2, 0) is 0 Å². The van der Waals surface area contributed by atoms with E-state index in [2.05, 4.69) is 32.9 Å². The first-order chi connectivity index (χ1) is 8.96. The highest BCUT2D eigenvalue weighted by Gasteiger charge is 2.17. The van der Waals surface area contributed by atoms with Gasteiger partial charge in [-0.05, 0) is 16.5 Å². The molecule has 0 spiro atoms. The quantitative estimate of drug-likeness (QED) is 0.705. The molecule has 0 N–H and O–H groups in total. The second kappa shape index (κ2) is 5.40. The maximum absolute atomic E-state index is 12.1. The van der Waals surface area contributed by atoms with Crippen LogP contribution in [0, 0.1) is 5.41 Å². The molecule has 1 nitrogen and oxygen atoms in total. The Morgan fingerprint density at radius 1 is 0.842 bits per heavy atom. The maximum atomic E-state index is 12.1. The summed E-state index contributed by atoms with van der Waals surface area (Å²) in [7, 11) is 0. The number of hydrogen-bond acceptors (Lipinski definition) is 1. The van der Waals surface area contributed by atoms with Crippen molar-refractivity contribution in [2.75, 3.05) is 0 Å². The minimum Gasteiger partial charge on any atom is -0.294 e. The van der Waals surface area contributed by atoms with Crippen molar-refractivity contribution < 1.29 is 4.79 Å². The van der Waals surface area contributed by atoms with E-state index >= 15 is 0 Å². The lowest BCUT2D eigenvalue weighted by molar-refractivity contribution is 0.0940. The summed E-state index contributed by atoms with van der Waals surface area (Å²) in [6.07, 6.45) is 0.581. The predicted molar refractivity (Wildman–Crippen MR) is 80.3 cm³/mol. The molecule has 0 saturated carbocycles. The Balaban J connectivity index is 2.17. The zero-order valence-corrected chi connectivity index (χ0v) is 11.8. The summed E-state index contributed by atoms with van der Waals surface area (Å²) in [6, 6.07) is 18.1. The van der Waals surface area contributed by atoms with Crippen LogP contribution >= 0.6 is 0 Å². The highest BCUT2D eigenvalue weighted by atomic mass is 16.1. The standard InChI is InChI=1S/C18H20O/c1-18(2,3)13-17(19)16-11-9-15(10-12-16)14-7-5-4-6-8-14/h4-12H,13H2,1-3H3. The zero-order chi connectivity index (χ0) is 13.9. The molecule has 0 aromatic heterocycles. The van der Waals surface area contributed by atoms with Crippen molar-refractivity contribution in [3.05, 3.63) is 60.2 Å². The highest BCUT2D eigenvalue weighted by molar-refractivity contribution is 5.96. The zero-order valence-electron chi connectivity index (χ0n) is 11.8. The van der Waals surface area contributed by atoms with Gasteiger partial charge in [-0.1, -0.05) is 75.4 Å². The van der Waals surface area contributed by atoms with Gasteiger partial charge in [-0.25, -0.2) is 0 Å². The Morgan fingerprint density at radius 3 is 1.89 bits per heavy atom. The van der Waals surface area contributed by atoms with Crippen molar-refractivity contribution in [1.29, 1.82) is 0 Å². The number of ketones is 1. The molecule has 0 aliphatic rings. The van der Waals surface area contributed by atoms with Gasteiger partial charge in [0.2, 0.25) is 0 Å². The van der Waals surface area contributed by atoms with Gasteiger partial charge in [-0.2, -0.15) is 0 Å². The molecule has 0 fully saturated rings. The van der Waals surface area contributed by atoms with E-state index in [9.17, 15) is 4.79 Å². The number of hydrogen-bond donors (Lipinski definition) is 0. The first-order valence-electron chi connectivity index (χ1n) is 6.64. The Labute approximate surface area is 115 Å². The summed E-state index contributed by atoms with van der Waals surface area (Å²) in [4.78, 5) is 12.1. The number of carbonyl (C=O) groups is 1. The summed E-state index contributed by atoms with van der Waals surface area (Å²) in [6.45, 7) is 6.26. The van der Waals surface area contributed by atoms with E-state index in [0.717, 1.165) is 11.1 Å². The average molecular weight is 252 g/mol. The molecular formula is C18H20O. The van der Waals surface area contributed by atoms with Crippen LogP contribution in [0.4, 0.5) is 0 Å². The Kier molecular flexibility index (Phi) is 3.84. The first kappa shape index (κ1) is 13.5. The molecule has 0 bridgehead atoms. The minimum atomic E-state index is 0.0369. The Morgan fingerprint density at radius 2 is 1.37 bits per heavy atom. The smallest absolute Gasteiger partial charge is 0.163 e. The summed E-state index contributed by atoms with van der Waals surface area (Å²) in [5.74, 6) is 0.215. The van der Waals surface area contributed by atoms with Crippen LogP contribution in [0.5, 0.6) is 0 Å². The predicted octanol–water partition coefficient (Wildman–Crippen LogP) is 4.97. The summed E-state index contributed by atoms with van der Waals surface area (Å²) < 4.78 is 0. The van der Waals surface area contributed by atoms with Crippen LogP contribution in [0.3, 0.4) is 0 Å². The Bertz CT molecular complexity index is 544. The topological polar surface area (TPSA) is 17.1 Å². The van der Waals surface area contributed by atoms with Gasteiger partial charge in [-0.15, -0.1) is 0 Å². The molecule has 2 rings (SSSR count). The fourth-order valence-corrected chi connectivity index (χ4v) is 2.06. The normalized spacial score (nSPS) is 11.3. The van der Waals surface area contributed by atoms with Crippen molar-refractivity contribution in [2.45, 2.75) is 27.2 Å². The lowest BCUT2D eigenvalue weighted by atomic mass is 9.87. The molecule has 0 aliphatic carbocycles. The molecule has 0 saturated heterocycles. The second-order valence-electron chi connectivity index (χ2n) is 6.10. The van der Waals surface area contributed by atoms with Crippen LogP contribution in [-0.4, -0.2) is 5.78 Å². The molecule has 0 unspecified atom stereocenters. The molecular weight excluding hydrogens is 232 g/mol. The fraction of sp³-hybridized carbons (Fsp3) is 0.278. The van der Waals surface area contributed by atoms with Gasteiger partial charge < -0.3 is 0 Å². The number of benzene rings is 2. The average Bonchev–Trinajstić information content (AvgIpc) is 2.38. The minimum absolute atomic E-state index is 0.0369.